The third-order valence-electron chi connectivity index (χ3n) is 1.54. The van der Waals surface area contributed by atoms with Crippen LogP contribution in [-0.2, 0) is 0 Å². The quantitative estimate of drug-likeness (QED) is 0.607. The van der Waals surface area contributed by atoms with Crippen molar-refractivity contribution in [3.05, 3.63) is 28.0 Å². The van der Waals surface area contributed by atoms with E-state index in [4.69, 9.17) is 23.2 Å². The fraction of sp³-hybridized carbons (Fsp3) is 0.200. The van der Waals surface area contributed by atoms with E-state index in [0.717, 1.165) is 0 Å². The topological polar surface area (TPSA) is 12.0 Å². The molecule has 74 valence electrons. The first-order chi connectivity index (χ1) is 6.65. The molecule has 0 atom stereocenters. The van der Waals surface area contributed by atoms with Crippen molar-refractivity contribution >= 4 is 28.9 Å². The van der Waals surface area contributed by atoms with Crippen LogP contribution in [0.2, 0.25) is 10.0 Å². The van der Waals surface area contributed by atoms with Gasteiger partial charge < -0.3 is 5.32 Å². The van der Waals surface area contributed by atoms with Crippen LogP contribution in [0.5, 0.6) is 0 Å². The van der Waals surface area contributed by atoms with E-state index in [1.54, 1.807) is 6.92 Å². The van der Waals surface area contributed by atoms with Gasteiger partial charge in [0.25, 0.3) is 0 Å². The minimum absolute atomic E-state index is 0.00413. The van der Waals surface area contributed by atoms with Crippen LogP contribution in [0.4, 0.5) is 10.1 Å². The summed E-state index contributed by atoms with van der Waals surface area (Å²) in [6.45, 7) is 2.22. The summed E-state index contributed by atoms with van der Waals surface area (Å²) in [5.41, 5.74) is 0.657. The molecule has 1 nitrogen and oxygen atoms in total. The summed E-state index contributed by atoms with van der Waals surface area (Å²) in [6, 6.07) is 2.94. The van der Waals surface area contributed by atoms with Gasteiger partial charge in [0, 0.05) is 5.69 Å². The number of benzene rings is 1. The molecule has 0 aromatic heterocycles. The first-order valence-corrected chi connectivity index (χ1v) is 4.68. The largest absolute Gasteiger partial charge is 0.374 e. The van der Waals surface area contributed by atoms with E-state index in [9.17, 15) is 4.39 Å². The predicted octanol–water partition coefficient (Wildman–Crippen LogP) is 3.57. The van der Waals surface area contributed by atoms with Crippen LogP contribution in [0, 0.1) is 17.7 Å². The highest BCUT2D eigenvalue weighted by atomic mass is 35.5. The van der Waals surface area contributed by atoms with Crippen molar-refractivity contribution in [1.29, 1.82) is 0 Å². The monoisotopic (exact) mass is 231 g/mol. The zero-order valence-corrected chi connectivity index (χ0v) is 9.01. The Morgan fingerprint density at radius 2 is 1.93 bits per heavy atom. The average Bonchev–Trinajstić information content (AvgIpc) is 2.14. The third-order valence-corrected chi connectivity index (χ3v) is 2.09. The Hall–Kier alpha value is -0.910. The van der Waals surface area contributed by atoms with E-state index in [1.807, 2.05) is 0 Å². The van der Waals surface area contributed by atoms with Crippen molar-refractivity contribution in [1.82, 2.24) is 0 Å². The number of anilines is 1. The summed E-state index contributed by atoms with van der Waals surface area (Å²) in [4.78, 5) is 0. The van der Waals surface area contributed by atoms with Crippen molar-refractivity contribution in [3.63, 3.8) is 0 Å². The van der Waals surface area contributed by atoms with Gasteiger partial charge in [-0.1, -0.05) is 29.1 Å². The minimum Gasteiger partial charge on any atom is -0.374 e. The number of nitrogens with one attached hydrogen (secondary N) is 1. The lowest BCUT2D eigenvalue weighted by Crippen LogP contribution is -1.99. The van der Waals surface area contributed by atoms with Gasteiger partial charge in [0.1, 0.15) is 0 Å². The summed E-state index contributed by atoms with van der Waals surface area (Å²) in [7, 11) is 0. The summed E-state index contributed by atoms with van der Waals surface area (Å²) < 4.78 is 13.0. The summed E-state index contributed by atoms with van der Waals surface area (Å²) in [5, 5.41) is 2.95. The zero-order chi connectivity index (χ0) is 10.6. The molecule has 0 spiro atoms. The Morgan fingerprint density at radius 1 is 1.36 bits per heavy atom. The molecule has 4 heteroatoms. The number of hydrogen-bond acceptors (Lipinski definition) is 1. The Morgan fingerprint density at radius 3 is 2.43 bits per heavy atom. The van der Waals surface area contributed by atoms with Crippen molar-refractivity contribution in [2.75, 3.05) is 11.9 Å². The molecule has 1 rings (SSSR count). The summed E-state index contributed by atoms with van der Waals surface area (Å²) >= 11 is 11.2. The van der Waals surface area contributed by atoms with E-state index < -0.39 is 5.82 Å². The van der Waals surface area contributed by atoms with E-state index in [2.05, 4.69) is 17.2 Å². The van der Waals surface area contributed by atoms with Crippen LogP contribution in [0.25, 0.3) is 0 Å². The standard InChI is InChI=1S/C10H8Cl2FN/c1-2-3-4-14-7-5-8(11)10(13)9(12)6-7/h5-6,14H,4H2,1H3. The van der Waals surface area contributed by atoms with Gasteiger partial charge in [0.2, 0.25) is 0 Å². The minimum atomic E-state index is -0.597. The second kappa shape index (κ2) is 5.09. The lowest BCUT2D eigenvalue weighted by atomic mass is 10.3. The van der Waals surface area contributed by atoms with Gasteiger partial charge in [0.15, 0.2) is 5.82 Å². The van der Waals surface area contributed by atoms with E-state index in [0.29, 0.717) is 12.2 Å². The highest BCUT2D eigenvalue weighted by molar-refractivity contribution is 6.35. The first-order valence-electron chi connectivity index (χ1n) is 3.93. The molecule has 0 aliphatic rings. The van der Waals surface area contributed by atoms with Crippen LogP contribution >= 0.6 is 23.2 Å². The molecule has 1 N–H and O–H groups in total. The fourth-order valence-corrected chi connectivity index (χ4v) is 1.38. The molecule has 0 bridgehead atoms. The van der Waals surface area contributed by atoms with Crippen molar-refractivity contribution in [3.8, 4) is 11.8 Å². The highest BCUT2D eigenvalue weighted by Crippen LogP contribution is 2.26. The molecule has 0 aliphatic heterocycles. The van der Waals surface area contributed by atoms with Crippen LogP contribution in [0.3, 0.4) is 0 Å². The molecule has 0 fully saturated rings. The van der Waals surface area contributed by atoms with Crippen LogP contribution in [0.1, 0.15) is 6.92 Å². The third kappa shape index (κ3) is 2.80. The molecular formula is C10H8Cl2FN. The normalized spacial score (nSPS) is 9.14. The van der Waals surface area contributed by atoms with Gasteiger partial charge in [-0.05, 0) is 19.1 Å². The molecule has 0 unspecified atom stereocenters. The second-order valence-corrected chi connectivity index (χ2v) is 3.35. The van der Waals surface area contributed by atoms with E-state index >= 15 is 0 Å². The Kier molecular flexibility index (Phi) is 4.06. The molecule has 0 heterocycles. The lowest BCUT2D eigenvalue weighted by molar-refractivity contribution is 0.629. The highest BCUT2D eigenvalue weighted by Gasteiger charge is 2.06. The van der Waals surface area contributed by atoms with Crippen LogP contribution in [0.15, 0.2) is 12.1 Å². The van der Waals surface area contributed by atoms with Crippen LogP contribution in [-0.4, -0.2) is 6.54 Å². The smallest absolute Gasteiger partial charge is 0.160 e. The zero-order valence-electron chi connectivity index (χ0n) is 7.50. The summed E-state index contributed by atoms with van der Waals surface area (Å²) in [5.74, 6) is 4.94. The molecule has 1 aromatic rings. The van der Waals surface area contributed by atoms with Gasteiger partial charge >= 0.3 is 0 Å². The van der Waals surface area contributed by atoms with Gasteiger partial charge in [-0.3, -0.25) is 0 Å². The Bertz CT molecular complexity index is 370. The second-order valence-electron chi connectivity index (χ2n) is 2.53. The Labute approximate surface area is 92.2 Å². The molecular weight excluding hydrogens is 224 g/mol. The maximum Gasteiger partial charge on any atom is 0.160 e. The fourth-order valence-electron chi connectivity index (χ4n) is 0.892. The Balaban J connectivity index is 2.82. The lowest BCUT2D eigenvalue weighted by Gasteiger charge is -2.04. The molecule has 0 radical (unpaired) electrons. The van der Waals surface area contributed by atoms with Gasteiger partial charge in [-0.15, -0.1) is 5.92 Å². The predicted molar refractivity (Wildman–Crippen MR) is 58.4 cm³/mol. The molecule has 1 aromatic carbocycles. The van der Waals surface area contributed by atoms with Gasteiger partial charge in [0.05, 0.1) is 16.6 Å². The number of rotatable bonds is 2. The molecule has 0 saturated carbocycles. The van der Waals surface area contributed by atoms with Crippen molar-refractivity contribution in [2.24, 2.45) is 0 Å². The summed E-state index contributed by atoms with van der Waals surface area (Å²) in [6.07, 6.45) is 0. The number of hydrogen-bond donors (Lipinski definition) is 1. The van der Waals surface area contributed by atoms with Crippen molar-refractivity contribution < 1.29 is 4.39 Å². The van der Waals surface area contributed by atoms with E-state index in [1.165, 1.54) is 12.1 Å². The molecule has 0 amide bonds. The first kappa shape index (κ1) is 11.2. The maximum absolute atomic E-state index is 13.0. The molecule has 0 saturated heterocycles. The number of halogens is 3. The molecule has 14 heavy (non-hydrogen) atoms. The van der Waals surface area contributed by atoms with Gasteiger partial charge in [-0.25, -0.2) is 4.39 Å². The van der Waals surface area contributed by atoms with Crippen LogP contribution < -0.4 is 5.32 Å². The average molecular weight is 232 g/mol. The SMILES string of the molecule is CC#CCNc1cc(Cl)c(F)c(Cl)c1. The maximum atomic E-state index is 13.0. The molecule has 0 aliphatic carbocycles. The van der Waals surface area contributed by atoms with E-state index in [-0.39, 0.29) is 10.0 Å². The van der Waals surface area contributed by atoms with Gasteiger partial charge in [-0.2, -0.15) is 0 Å². The van der Waals surface area contributed by atoms with Crippen molar-refractivity contribution in [2.45, 2.75) is 6.92 Å².